The van der Waals surface area contributed by atoms with Crippen LogP contribution >= 0.6 is 0 Å². The summed E-state index contributed by atoms with van der Waals surface area (Å²) in [5.41, 5.74) is 1.43. The highest BCUT2D eigenvalue weighted by atomic mass is 16.5. The lowest BCUT2D eigenvalue weighted by Gasteiger charge is -2.41. The predicted octanol–water partition coefficient (Wildman–Crippen LogP) is 2.04. The van der Waals surface area contributed by atoms with E-state index in [-0.39, 0.29) is 0 Å². The summed E-state index contributed by atoms with van der Waals surface area (Å²) in [4.78, 5) is 2.59. The fourth-order valence-corrected chi connectivity index (χ4v) is 3.07. The van der Waals surface area contributed by atoms with Crippen molar-refractivity contribution in [2.45, 2.75) is 44.7 Å². The molecule has 2 aliphatic rings. The monoisotopic (exact) mass is 249 g/mol. The fraction of sp³-hybridized carbons (Fsp3) is 0.786. The highest BCUT2D eigenvalue weighted by molar-refractivity contribution is 5.10. The SMILES string of the molecule is CC(C)n1nccc1C1CCN(C2COC2)CC1. The third-order valence-corrected chi connectivity index (χ3v) is 4.27. The molecule has 0 radical (unpaired) electrons. The molecule has 0 amide bonds. The van der Waals surface area contributed by atoms with E-state index in [4.69, 9.17) is 4.74 Å². The molecule has 0 unspecified atom stereocenters. The maximum Gasteiger partial charge on any atom is 0.0645 e. The quantitative estimate of drug-likeness (QED) is 0.821. The summed E-state index contributed by atoms with van der Waals surface area (Å²) in [6, 6.07) is 3.36. The molecular formula is C14H23N3O. The molecule has 18 heavy (non-hydrogen) atoms. The lowest BCUT2D eigenvalue weighted by atomic mass is 9.92. The standard InChI is InChI=1S/C14H23N3O/c1-11(2)17-14(3-6-15-17)12-4-7-16(8-5-12)13-9-18-10-13/h3,6,11-13H,4-5,7-10H2,1-2H3. The summed E-state index contributed by atoms with van der Waals surface area (Å²) in [7, 11) is 0. The zero-order valence-electron chi connectivity index (χ0n) is 11.4. The van der Waals surface area contributed by atoms with Crippen LogP contribution in [0.25, 0.3) is 0 Å². The van der Waals surface area contributed by atoms with Crippen molar-refractivity contribution < 1.29 is 4.74 Å². The third-order valence-electron chi connectivity index (χ3n) is 4.27. The van der Waals surface area contributed by atoms with Crippen molar-refractivity contribution in [2.75, 3.05) is 26.3 Å². The number of likely N-dealkylation sites (tertiary alicyclic amines) is 1. The second-order valence-corrected chi connectivity index (χ2v) is 5.80. The van der Waals surface area contributed by atoms with E-state index in [0.717, 1.165) is 13.2 Å². The van der Waals surface area contributed by atoms with E-state index >= 15 is 0 Å². The van der Waals surface area contributed by atoms with Crippen molar-refractivity contribution >= 4 is 0 Å². The van der Waals surface area contributed by atoms with Gasteiger partial charge >= 0.3 is 0 Å². The second-order valence-electron chi connectivity index (χ2n) is 5.80. The van der Waals surface area contributed by atoms with Crippen LogP contribution in [0.4, 0.5) is 0 Å². The Hall–Kier alpha value is -0.870. The predicted molar refractivity (Wildman–Crippen MR) is 70.8 cm³/mol. The first-order valence-corrected chi connectivity index (χ1v) is 7.11. The van der Waals surface area contributed by atoms with Crippen molar-refractivity contribution in [1.29, 1.82) is 0 Å². The Balaban J connectivity index is 1.63. The Morgan fingerprint density at radius 1 is 1.28 bits per heavy atom. The molecule has 3 heterocycles. The van der Waals surface area contributed by atoms with E-state index in [0.29, 0.717) is 18.0 Å². The summed E-state index contributed by atoms with van der Waals surface area (Å²) in [5.74, 6) is 0.687. The van der Waals surface area contributed by atoms with Crippen LogP contribution in [0.15, 0.2) is 12.3 Å². The van der Waals surface area contributed by atoms with E-state index in [9.17, 15) is 0 Å². The summed E-state index contributed by atoms with van der Waals surface area (Å²) < 4.78 is 7.47. The van der Waals surface area contributed by atoms with Crippen LogP contribution in [0.5, 0.6) is 0 Å². The van der Waals surface area contributed by atoms with Gasteiger partial charge in [0.15, 0.2) is 0 Å². The van der Waals surface area contributed by atoms with E-state index < -0.39 is 0 Å². The fourth-order valence-electron chi connectivity index (χ4n) is 3.07. The van der Waals surface area contributed by atoms with Gasteiger partial charge in [0.25, 0.3) is 0 Å². The van der Waals surface area contributed by atoms with E-state index in [1.165, 1.54) is 31.6 Å². The zero-order chi connectivity index (χ0) is 12.5. The van der Waals surface area contributed by atoms with Gasteiger partial charge in [-0.15, -0.1) is 0 Å². The molecule has 4 nitrogen and oxygen atoms in total. The number of rotatable bonds is 3. The molecule has 1 aromatic heterocycles. The summed E-state index contributed by atoms with van der Waals surface area (Å²) in [6.07, 6.45) is 4.46. The van der Waals surface area contributed by atoms with Gasteiger partial charge < -0.3 is 4.74 Å². The van der Waals surface area contributed by atoms with Crippen LogP contribution in [0, 0.1) is 0 Å². The van der Waals surface area contributed by atoms with Gasteiger partial charge in [-0.3, -0.25) is 9.58 Å². The average molecular weight is 249 g/mol. The molecule has 0 saturated carbocycles. The first kappa shape index (κ1) is 12.2. The Bertz CT molecular complexity index is 389. The average Bonchev–Trinajstić information content (AvgIpc) is 2.76. The molecule has 100 valence electrons. The molecule has 0 bridgehead atoms. The highest BCUT2D eigenvalue weighted by Gasteiger charge is 2.31. The normalized spacial score (nSPS) is 23.5. The molecule has 1 aromatic rings. The lowest BCUT2D eigenvalue weighted by Crippen LogP contribution is -2.51. The molecule has 2 fully saturated rings. The van der Waals surface area contributed by atoms with Crippen LogP contribution in [0.3, 0.4) is 0 Å². The molecule has 0 N–H and O–H groups in total. The number of aromatic nitrogens is 2. The van der Waals surface area contributed by atoms with Gasteiger partial charge in [-0.05, 0) is 45.8 Å². The van der Waals surface area contributed by atoms with Gasteiger partial charge in [-0.1, -0.05) is 0 Å². The Morgan fingerprint density at radius 3 is 2.56 bits per heavy atom. The highest BCUT2D eigenvalue weighted by Crippen LogP contribution is 2.30. The van der Waals surface area contributed by atoms with Gasteiger partial charge in [0, 0.05) is 23.9 Å². The van der Waals surface area contributed by atoms with Crippen LogP contribution in [0.1, 0.15) is 44.3 Å². The molecule has 0 atom stereocenters. The molecule has 2 aliphatic heterocycles. The van der Waals surface area contributed by atoms with Crippen LogP contribution in [0.2, 0.25) is 0 Å². The van der Waals surface area contributed by atoms with Crippen molar-refractivity contribution in [2.24, 2.45) is 0 Å². The number of ether oxygens (including phenoxy) is 1. The van der Waals surface area contributed by atoms with E-state index in [2.05, 4.69) is 34.6 Å². The smallest absolute Gasteiger partial charge is 0.0645 e. The maximum atomic E-state index is 5.28. The molecule has 0 aliphatic carbocycles. The third kappa shape index (κ3) is 2.19. The van der Waals surface area contributed by atoms with Crippen LogP contribution in [-0.2, 0) is 4.74 Å². The molecule has 3 rings (SSSR count). The largest absolute Gasteiger partial charge is 0.378 e. The Kier molecular flexibility index (Phi) is 3.39. The van der Waals surface area contributed by atoms with E-state index in [1.807, 2.05) is 6.20 Å². The van der Waals surface area contributed by atoms with Crippen molar-refractivity contribution in [3.05, 3.63) is 18.0 Å². The molecule has 0 spiro atoms. The van der Waals surface area contributed by atoms with Gasteiger partial charge in [-0.25, -0.2) is 0 Å². The van der Waals surface area contributed by atoms with Crippen LogP contribution < -0.4 is 0 Å². The molecular weight excluding hydrogens is 226 g/mol. The van der Waals surface area contributed by atoms with Crippen molar-refractivity contribution in [1.82, 2.24) is 14.7 Å². The van der Waals surface area contributed by atoms with Crippen molar-refractivity contribution in [3.63, 3.8) is 0 Å². The minimum absolute atomic E-state index is 0.466. The number of hydrogen-bond donors (Lipinski definition) is 0. The van der Waals surface area contributed by atoms with Crippen LogP contribution in [-0.4, -0.2) is 47.0 Å². The minimum atomic E-state index is 0.466. The Morgan fingerprint density at radius 2 is 2.00 bits per heavy atom. The summed E-state index contributed by atoms with van der Waals surface area (Å²) in [5, 5.41) is 4.46. The first-order valence-electron chi connectivity index (χ1n) is 7.11. The number of hydrogen-bond acceptors (Lipinski definition) is 3. The topological polar surface area (TPSA) is 30.3 Å². The van der Waals surface area contributed by atoms with Gasteiger partial charge in [0.2, 0.25) is 0 Å². The maximum absolute atomic E-state index is 5.28. The summed E-state index contributed by atoms with van der Waals surface area (Å²) >= 11 is 0. The van der Waals surface area contributed by atoms with Gasteiger partial charge in [0.1, 0.15) is 0 Å². The minimum Gasteiger partial charge on any atom is -0.378 e. The Labute approximate surface area is 109 Å². The van der Waals surface area contributed by atoms with Gasteiger partial charge in [0.05, 0.1) is 19.3 Å². The summed E-state index contributed by atoms with van der Waals surface area (Å²) in [6.45, 7) is 8.71. The molecule has 4 heteroatoms. The molecule has 2 saturated heterocycles. The first-order chi connectivity index (χ1) is 8.75. The lowest BCUT2D eigenvalue weighted by molar-refractivity contribution is -0.0714. The zero-order valence-corrected chi connectivity index (χ0v) is 11.4. The van der Waals surface area contributed by atoms with Crippen molar-refractivity contribution in [3.8, 4) is 0 Å². The van der Waals surface area contributed by atoms with E-state index in [1.54, 1.807) is 0 Å². The number of piperidine rings is 1. The number of nitrogens with zero attached hydrogens (tertiary/aromatic N) is 3. The molecule has 0 aromatic carbocycles. The second kappa shape index (κ2) is 5.02. The van der Waals surface area contributed by atoms with Gasteiger partial charge in [-0.2, -0.15) is 5.10 Å².